The molecule has 1 atom stereocenters. The van der Waals surface area contributed by atoms with Crippen molar-refractivity contribution in [3.63, 3.8) is 0 Å². The zero-order valence-electron chi connectivity index (χ0n) is 21.6. The van der Waals surface area contributed by atoms with Crippen molar-refractivity contribution in [2.24, 2.45) is 5.41 Å². The van der Waals surface area contributed by atoms with Gasteiger partial charge in [0.15, 0.2) is 0 Å². The molecule has 2 aromatic heterocycles. The highest BCUT2D eigenvalue weighted by atomic mass is 35.5. The fourth-order valence-electron chi connectivity index (χ4n) is 4.00. The van der Waals surface area contributed by atoms with Gasteiger partial charge in [0.25, 0.3) is 0 Å². The molecule has 2 heterocycles. The van der Waals surface area contributed by atoms with Gasteiger partial charge in [0, 0.05) is 34.4 Å². The van der Waals surface area contributed by atoms with Crippen molar-refractivity contribution in [2.75, 3.05) is 17.2 Å². The van der Waals surface area contributed by atoms with E-state index in [2.05, 4.69) is 52.8 Å². The highest BCUT2D eigenvalue weighted by Gasteiger charge is 2.29. The average Bonchev–Trinajstić information content (AvgIpc) is 3.57. The molecule has 0 unspecified atom stereocenters. The summed E-state index contributed by atoms with van der Waals surface area (Å²) in [5.74, 6) is -0.658. The van der Waals surface area contributed by atoms with Crippen LogP contribution in [-0.2, 0) is 0 Å². The standard InChI is InChI=1S/C27H26Cl2FN7/c1-27(2,3)14-33-24-15(11-31)12-32-25-18(24)9-16(10-20(25)29)34-26(23-19(28)5-4-6-21(23)30)22-13-37(36-35-22)17-7-8-17/h4-6,9-10,12-13,17,26,34H,7-8,14H2,1-3H3,(H,32,33)/t26-/m0/s1/i26D. The van der Waals surface area contributed by atoms with Crippen LogP contribution >= 0.6 is 23.2 Å². The minimum atomic E-state index is -1.94. The topological polar surface area (TPSA) is 91.5 Å². The summed E-state index contributed by atoms with van der Waals surface area (Å²) in [4.78, 5) is 4.39. The first-order valence-corrected chi connectivity index (χ1v) is 12.7. The molecule has 1 saturated carbocycles. The molecule has 10 heteroatoms. The molecule has 190 valence electrons. The molecule has 0 spiro atoms. The Morgan fingerprint density at radius 2 is 2.05 bits per heavy atom. The highest BCUT2D eigenvalue weighted by Crippen LogP contribution is 2.39. The van der Waals surface area contributed by atoms with Crippen LogP contribution in [0.15, 0.2) is 42.7 Å². The summed E-state index contributed by atoms with van der Waals surface area (Å²) in [7, 11) is 0. The van der Waals surface area contributed by atoms with E-state index in [9.17, 15) is 6.63 Å². The van der Waals surface area contributed by atoms with Gasteiger partial charge in [-0.1, -0.05) is 55.3 Å². The van der Waals surface area contributed by atoms with Crippen LogP contribution in [0.4, 0.5) is 15.8 Å². The Balaban J connectivity index is 1.66. The van der Waals surface area contributed by atoms with Gasteiger partial charge in [-0.05, 0) is 42.5 Å². The van der Waals surface area contributed by atoms with Crippen LogP contribution < -0.4 is 10.6 Å². The number of nitrogens with zero attached hydrogens (tertiary/aromatic N) is 5. The minimum absolute atomic E-state index is 0.0622. The third-order valence-electron chi connectivity index (χ3n) is 6.01. The first kappa shape index (κ1) is 24.0. The van der Waals surface area contributed by atoms with Crippen LogP contribution in [0.3, 0.4) is 0 Å². The van der Waals surface area contributed by atoms with Gasteiger partial charge in [0.1, 0.15) is 23.6 Å². The van der Waals surface area contributed by atoms with Crippen LogP contribution in [0, 0.1) is 22.6 Å². The number of fused-ring (bicyclic) bond motifs is 1. The minimum Gasteiger partial charge on any atom is -0.383 e. The molecule has 0 radical (unpaired) electrons. The van der Waals surface area contributed by atoms with E-state index in [1.807, 2.05) is 0 Å². The predicted molar refractivity (Wildman–Crippen MR) is 145 cm³/mol. The Morgan fingerprint density at radius 3 is 2.73 bits per heavy atom. The van der Waals surface area contributed by atoms with Crippen molar-refractivity contribution in [3.8, 4) is 6.07 Å². The lowest BCUT2D eigenvalue weighted by molar-refractivity contribution is 0.443. The van der Waals surface area contributed by atoms with Gasteiger partial charge >= 0.3 is 0 Å². The lowest BCUT2D eigenvalue weighted by Crippen LogP contribution is -2.20. The molecule has 1 aliphatic carbocycles. The maximum absolute atomic E-state index is 15.2. The fourth-order valence-corrected chi connectivity index (χ4v) is 4.53. The van der Waals surface area contributed by atoms with E-state index in [1.54, 1.807) is 23.0 Å². The summed E-state index contributed by atoms with van der Waals surface area (Å²) in [6.45, 7) is 6.83. The first-order chi connectivity index (χ1) is 18.0. The molecule has 7 nitrogen and oxygen atoms in total. The smallest absolute Gasteiger partial charge is 0.130 e. The van der Waals surface area contributed by atoms with Gasteiger partial charge in [0.2, 0.25) is 0 Å². The number of nitrogens with one attached hydrogen (secondary N) is 2. The Kier molecular flexibility index (Phi) is 6.35. The van der Waals surface area contributed by atoms with Crippen molar-refractivity contribution in [3.05, 3.63) is 75.4 Å². The average molecular weight is 539 g/mol. The Bertz CT molecular complexity index is 1550. The quantitative estimate of drug-likeness (QED) is 0.260. The summed E-state index contributed by atoms with van der Waals surface area (Å²) in [5.41, 5.74) is 1.86. The summed E-state index contributed by atoms with van der Waals surface area (Å²) in [6, 6.07) is 8.08. The van der Waals surface area contributed by atoms with Gasteiger partial charge in [-0.3, -0.25) is 4.98 Å². The number of benzene rings is 2. The van der Waals surface area contributed by atoms with E-state index >= 15 is 4.39 Å². The number of hydrogen-bond donors (Lipinski definition) is 2. The van der Waals surface area contributed by atoms with E-state index in [0.717, 1.165) is 12.8 Å². The Morgan fingerprint density at radius 1 is 1.27 bits per heavy atom. The molecule has 0 saturated heterocycles. The third kappa shape index (κ3) is 5.34. The summed E-state index contributed by atoms with van der Waals surface area (Å²) in [6.07, 6.45) is 5.08. The number of anilines is 2. The lowest BCUT2D eigenvalue weighted by atomic mass is 9.96. The van der Waals surface area contributed by atoms with E-state index < -0.39 is 11.8 Å². The zero-order chi connectivity index (χ0) is 27.2. The van der Waals surface area contributed by atoms with Gasteiger partial charge in [0.05, 0.1) is 35.4 Å². The van der Waals surface area contributed by atoms with Crippen LogP contribution in [0.25, 0.3) is 10.9 Å². The van der Waals surface area contributed by atoms with E-state index in [1.165, 1.54) is 24.4 Å². The van der Waals surface area contributed by atoms with Gasteiger partial charge in [-0.2, -0.15) is 5.26 Å². The lowest BCUT2D eigenvalue weighted by Gasteiger charge is -2.23. The second kappa shape index (κ2) is 9.81. The van der Waals surface area contributed by atoms with Crippen molar-refractivity contribution in [1.29, 1.82) is 5.26 Å². The number of halogens is 3. The first-order valence-electron chi connectivity index (χ1n) is 12.4. The molecule has 1 fully saturated rings. The van der Waals surface area contributed by atoms with E-state index in [-0.39, 0.29) is 27.7 Å². The maximum atomic E-state index is 15.2. The Labute approximate surface area is 226 Å². The van der Waals surface area contributed by atoms with Crippen LogP contribution in [0.1, 0.15) is 63.9 Å². The van der Waals surface area contributed by atoms with Crippen molar-refractivity contribution < 1.29 is 5.76 Å². The van der Waals surface area contributed by atoms with E-state index in [4.69, 9.17) is 23.2 Å². The largest absolute Gasteiger partial charge is 0.383 e. The molecule has 5 rings (SSSR count). The van der Waals surface area contributed by atoms with E-state index in [0.29, 0.717) is 39.4 Å². The molecule has 4 aromatic rings. The fraction of sp³-hybridized carbons (Fsp3) is 0.333. The second-order valence-corrected chi connectivity index (χ2v) is 11.2. The summed E-state index contributed by atoms with van der Waals surface area (Å²) < 4.78 is 26.4. The van der Waals surface area contributed by atoms with Gasteiger partial charge in [-0.15, -0.1) is 5.10 Å². The second-order valence-electron chi connectivity index (χ2n) is 10.3. The SMILES string of the molecule is [2H][C@](Nc1cc(Cl)c2ncc(C#N)c(NCC(C)(C)C)c2c1)(c1cn(C2CC2)nn1)c1c(F)cccc1Cl. The number of aromatic nitrogens is 4. The van der Waals surface area contributed by atoms with Crippen molar-refractivity contribution in [2.45, 2.75) is 45.7 Å². The molecule has 0 bridgehead atoms. The van der Waals surface area contributed by atoms with Crippen molar-refractivity contribution in [1.82, 2.24) is 20.0 Å². The number of nitriles is 1. The number of hydrogen-bond acceptors (Lipinski definition) is 6. The van der Waals surface area contributed by atoms with Gasteiger partial charge < -0.3 is 10.6 Å². The highest BCUT2D eigenvalue weighted by molar-refractivity contribution is 6.36. The summed E-state index contributed by atoms with van der Waals surface area (Å²) in [5, 5.41) is 25.6. The molecule has 1 aliphatic rings. The molecule has 37 heavy (non-hydrogen) atoms. The van der Waals surface area contributed by atoms with Crippen LogP contribution in [0.2, 0.25) is 10.0 Å². The monoisotopic (exact) mass is 538 g/mol. The zero-order valence-corrected chi connectivity index (χ0v) is 22.1. The molecule has 0 aliphatic heterocycles. The number of pyridine rings is 1. The molecule has 2 aromatic carbocycles. The molecule has 2 N–H and O–H groups in total. The van der Waals surface area contributed by atoms with Crippen LogP contribution in [-0.4, -0.2) is 26.5 Å². The predicted octanol–water partition coefficient (Wildman–Crippen LogP) is 7.14. The molecule has 0 amide bonds. The molecular weight excluding hydrogens is 512 g/mol. The number of rotatable bonds is 7. The summed E-state index contributed by atoms with van der Waals surface area (Å²) >= 11 is 13.1. The Hall–Kier alpha value is -3.41. The van der Waals surface area contributed by atoms with Gasteiger partial charge in [-0.25, -0.2) is 9.07 Å². The maximum Gasteiger partial charge on any atom is 0.130 e. The van der Waals surface area contributed by atoms with Crippen molar-refractivity contribution >= 4 is 45.5 Å². The third-order valence-corrected chi connectivity index (χ3v) is 6.61. The van der Waals surface area contributed by atoms with Crippen LogP contribution in [0.5, 0.6) is 0 Å². The normalized spacial score (nSPS) is 15.6. The molecular formula is C27H26Cl2FN7.